The minimum atomic E-state index is -0.243. The molecule has 134 valence electrons. The molecular formula is C16H15N5O3S2. The molecule has 3 heterocycles. The number of benzene rings is 1. The molecule has 0 saturated carbocycles. The number of thiazole rings is 1. The molecule has 4 rings (SSSR count). The first-order valence-electron chi connectivity index (χ1n) is 7.90. The van der Waals surface area contributed by atoms with Gasteiger partial charge in [-0.25, -0.2) is 4.98 Å². The van der Waals surface area contributed by atoms with E-state index in [1.165, 1.54) is 29.4 Å². The maximum absolute atomic E-state index is 12.6. The van der Waals surface area contributed by atoms with Gasteiger partial charge in [-0.2, -0.15) is 0 Å². The molecule has 1 aliphatic rings. The highest BCUT2D eigenvalue weighted by Gasteiger charge is 2.19. The lowest BCUT2D eigenvalue weighted by Crippen LogP contribution is -2.17. The Kier molecular flexibility index (Phi) is 5.14. The van der Waals surface area contributed by atoms with Crippen LogP contribution < -0.4 is 10.1 Å². The quantitative estimate of drug-likeness (QED) is 0.668. The fourth-order valence-electron chi connectivity index (χ4n) is 2.44. The number of aromatic nitrogens is 4. The number of hydrogen-bond donors (Lipinski definition) is 2. The smallest absolute Gasteiger partial charge is 0.257 e. The maximum Gasteiger partial charge on any atom is 0.257 e. The number of carbonyl (C=O) groups excluding carboxylic acids is 1. The molecule has 1 saturated heterocycles. The van der Waals surface area contributed by atoms with Gasteiger partial charge in [-0.05, 0) is 30.0 Å². The number of amides is 1. The van der Waals surface area contributed by atoms with E-state index < -0.39 is 0 Å². The van der Waals surface area contributed by atoms with Crippen molar-refractivity contribution in [2.24, 2.45) is 0 Å². The van der Waals surface area contributed by atoms with Crippen molar-refractivity contribution in [2.45, 2.75) is 22.6 Å². The lowest BCUT2D eigenvalue weighted by Gasteiger charge is -2.14. The van der Waals surface area contributed by atoms with Gasteiger partial charge in [0.15, 0.2) is 10.3 Å². The predicted octanol–water partition coefficient (Wildman–Crippen LogP) is 2.83. The van der Waals surface area contributed by atoms with E-state index in [1.807, 2.05) is 6.07 Å². The van der Waals surface area contributed by atoms with E-state index in [2.05, 4.69) is 25.5 Å². The fraction of sp³-hybridized carbons (Fsp3) is 0.250. The molecule has 2 aromatic heterocycles. The lowest BCUT2D eigenvalue weighted by molar-refractivity contribution is 0.102. The standard InChI is InChI=1S/C16H15N5O3S2/c22-14(20-15-17-2-4-25-15)10-5-12(24-11-1-3-23-8-11)7-13(6-10)26-16-18-9-19-21-16/h2,4-7,9,11H,1,3,8H2,(H,17,20,22)(H,18,19,21). The largest absolute Gasteiger partial charge is 0.488 e. The molecule has 2 N–H and O–H groups in total. The van der Waals surface area contributed by atoms with Crippen molar-refractivity contribution in [3.05, 3.63) is 41.7 Å². The van der Waals surface area contributed by atoms with Crippen LogP contribution in [0.5, 0.6) is 5.75 Å². The van der Waals surface area contributed by atoms with E-state index in [4.69, 9.17) is 9.47 Å². The molecule has 1 atom stereocenters. The zero-order valence-electron chi connectivity index (χ0n) is 13.5. The highest BCUT2D eigenvalue weighted by atomic mass is 32.2. The second kappa shape index (κ2) is 7.85. The van der Waals surface area contributed by atoms with Crippen molar-refractivity contribution >= 4 is 34.1 Å². The summed E-state index contributed by atoms with van der Waals surface area (Å²) in [6.45, 7) is 1.24. The zero-order valence-corrected chi connectivity index (χ0v) is 15.2. The van der Waals surface area contributed by atoms with Crippen LogP contribution in [-0.4, -0.2) is 45.4 Å². The Labute approximate surface area is 157 Å². The number of ether oxygens (including phenoxy) is 2. The Bertz CT molecular complexity index is 864. The molecule has 0 bridgehead atoms. The van der Waals surface area contributed by atoms with Gasteiger partial charge in [-0.15, -0.1) is 21.5 Å². The monoisotopic (exact) mass is 389 g/mol. The topological polar surface area (TPSA) is 102 Å². The van der Waals surface area contributed by atoms with Gasteiger partial charge in [0.1, 0.15) is 18.2 Å². The molecule has 0 spiro atoms. The van der Waals surface area contributed by atoms with Crippen LogP contribution in [0.2, 0.25) is 0 Å². The fourth-order valence-corrected chi connectivity index (χ4v) is 3.75. The average Bonchev–Trinajstić information content (AvgIpc) is 3.38. The third-order valence-electron chi connectivity index (χ3n) is 3.59. The van der Waals surface area contributed by atoms with Crippen molar-refractivity contribution < 1.29 is 14.3 Å². The Morgan fingerprint density at radius 1 is 1.42 bits per heavy atom. The lowest BCUT2D eigenvalue weighted by atomic mass is 10.2. The first kappa shape index (κ1) is 17.0. The number of nitrogens with zero attached hydrogens (tertiary/aromatic N) is 3. The van der Waals surface area contributed by atoms with Crippen LogP contribution in [0.3, 0.4) is 0 Å². The van der Waals surface area contributed by atoms with E-state index in [0.29, 0.717) is 34.8 Å². The molecule has 1 fully saturated rings. The van der Waals surface area contributed by atoms with Gasteiger partial charge in [-0.1, -0.05) is 0 Å². The molecule has 10 heteroatoms. The molecular weight excluding hydrogens is 374 g/mol. The number of anilines is 1. The summed E-state index contributed by atoms with van der Waals surface area (Å²) in [7, 11) is 0. The maximum atomic E-state index is 12.6. The molecule has 26 heavy (non-hydrogen) atoms. The second-order valence-corrected chi connectivity index (χ2v) is 7.44. The highest BCUT2D eigenvalue weighted by Crippen LogP contribution is 2.30. The third-order valence-corrected chi connectivity index (χ3v) is 5.15. The number of aromatic amines is 1. The average molecular weight is 389 g/mol. The highest BCUT2D eigenvalue weighted by molar-refractivity contribution is 7.99. The number of nitrogens with one attached hydrogen (secondary N) is 2. The number of H-pyrrole nitrogens is 1. The molecule has 0 aliphatic carbocycles. The molecule has 1 aromatic carbocycles. The van der Waals surface area contributed by atoms with Gasteiger partial charge < -0.3 is 14.5 Å². The van der Waals surface area contributed by atoms with Crippen molar-refractivity contribution in [3.63, 3.8) is 0 Å². The summed E-state index contributed by atoms with van der Waals surface area (Å²) in [5.74, 6) is 0.377. The van der Waals surface area contributed by atoms with E-state index in [0.717, 1.165) is 11.3 Å². The van der Waals surface area contributed by atoms with Gasteiger partial charge in [0.2, 0.25) is 0 Å². The summed E-state index contributed by atoms with van der Waals surface area (Å²) in [5, 5.41) is 13.5. The summed E-state index contributed by atoms with van der Waals surface area (Å²) < 4.78 is 11.3. The molecule has 8 nitrogen and oxygen atoms in total. The Morgan fingerprint density at radius 2 is 2.38 bits per heavy atom. The van der Waals surface area contributed by atoms with E-state index in [1.54, 1.807) is 23.7 Å². The van der Waals surface area contributed by atoms with Crippen molar-refractivity contribution in [1.29, 1.82) is 0 Å². The van der Waals surface area contributed by atoms with Crippen molar-refractivity contribution in [3.8, 4) is 5.75 Å². The van der Waals surface area contributed by atoms with Gasteiger partial charge in [0.05, 0.1) is 13.2 Å². The summed E-state index contributed by atoms with van der Waals surface area (Å²) in [4.78, 5) is 20.4. The molecule has 1 aliphatic heterocycles. The Morgan fingerprint density at radius 3 is 3.12 bits per heavy atom. The molecule has 0 radical (unpaired) electrons. The van der Waals surface area contributed by atoms with Gasteiger partial charge in [0.25, 0.3) is 5.91 Å². The van der Waals surface area contributed by atoms with Crippen molar-refractivity contribution in [2.75, 3.05) is 18.5 Å². The minimum Gasteiger partial charge on any atom is -0.488 e. The third kappa shape index (κ3) is 4.21. The van der Waals surface area contributed by atoms with Crippen LogP contribution >= 0.6 is 23.1 Å². The van der Waals surface area contributed by atoms with Crippen LogP contribution in [0, 0.1) is 0 Å². The van der Waals surface area contributed by atoms with Crippen molar-refractivity contribution in [1.82, 2.24) is 20.2 Å². The Balaban J connectivity index is 1.59. The molecule has 1 unspecified atom stereocenters. The molecule has 1 amide bonds. The summed E-state index contributed by atoms with van der Waals surface area (Å²) in [6, 6.07) is 5.39. The summed E-state index contributed by atoms with van der Waals surface area (Å²) >= 11 is 2.74. The van der Waals surface area contributed by atoms with E-state index >= 15 is 0 Å². The molecule has 3 aromatic rings. The second-order valence-electron chi connectivity index (χ2n) is 5.48. The van der Waals surface area contributed by atoms with Crippen LogP contribution in [0.1, 0.15) is 16.8 Å². The van der Waals surface area contributed by atoms with Crippen LogP contribution in [0.25, 0.3) is 0 Å². The SMILES string of the molecule is O=C(Nc1nccs1)c1cc(OC2CCOC2)cc(Sc2nnc[nH]2)c1. The normalized spacial score (nSPS) is 16.5. The van der Waals surface area contributed by atoms with Gasteiger partial charge >= 0.3 is 0 Å². The zero-order chi connectivity index (χ0) is 17.8. The number of hydrogen-bond acceptors (Lipinski definition) is 8. The van der Waals surface area contributed by atoms with E-state index in [-0.39, 0.29) is 12.0 Å². The minimum absolute atomic E-state index is 0.00426. The first-order valence-corrected chi connectivity index (χ1v) is 9.60. The first-order chi connectivity index (χ1) is 12.8. The number of carbonyl (C=O) groups is 1. The van der Waals surface area contributed by atoms with E-state index in [9.17, 15) is 4.79 Å². The number of rotatable bonds is 6. The summed E-state index contributed by atoms with van der Waals surface area (Å²) in [6.07, 6.45) is 3.98. The van der Waals surface area contributed by atoms with Gasteiger partial charge in [0, 0.05) is 28.5 Å². The van der Waals surface area contributed by atoms with Crippen LogP contribution in [0.4, 0.5) is 5.13 Å². The predicted molar refractivity (Wildman–Crippen MR) is 96.9 cm³/mol. The van der Waals surface area contributed by atoms with Crippen LogP contribution in [-0.2, 0) is 4.74 Å². The Hall–Kier alpha value is -2.43. The van der Waals surface area contributed by atoms with Gasteiger partial charge in [-0.3, -0.25) is 10.1 Å². The van der Waals surface area contributed by atoms with Crippen LogP contribution in [0.15, 0.2) is 46.2 Å². The summed E-state index contributed by atoms with van der Waals surface area (Å²) in [5.41, 5.74) is 0.485.